The van der Waals surface area contributed by atoms with Crippen LogP contribution in [0.2, 0.25) is 0 Å². The summed E-state index contributed by atoms with van der Waals surface area (Å²) < 4.78 is 14.9. The van der Waals surface area contributed by atoms with Gasteiger partial charge < -0.3 is 14.2 Å². The molecule has 0 aromatic heterocycles. The number of methoxy groups -OCH3 is 2. The van der Waals surface area contributed by atoms with Crippen molar-refractivity contribution in [2.24, 2.45) is 0 Å². The normalized spacial score (nSPS) is 9.67. The number of amides is 2. The number of hydrogen-bond donors (Lipinski definition) is 2. The Labute approximate surface area is 123 Å². The number of nitrogens with one attached hydrogen (secondary N) is 2. The van der Waals surface area contributed by atoms with Crippen molar-refractivity contribution < 1.29 is 23.8 Å². The lowest BCUT2D eigenvalue weighted by Gasteiger charge is -2.10. The smallest absolute Gasteiger partial charge is 0.426 e. The van der Waals surface area contributed by atoms with E-state index in [1.807, 2.05) is 12.1 Å². The summed E-state index contributed by atoms with van der Waals surface area (Å²) in [5, 5.41) is 0. The van der Waals surface area contributed by atoms with Crippen molar-refractivity contribution in [3.8, 4) is 11.5 Å². The van der Waals surface area contributed by atoms with E-state index in [0.29, 0.717) is 17.9 Å². The van der Waals surface area contributed by atoms with Crippen LogP contribution in [0.4, 0.5) is 4.79 Å². The van der Waals surface area contributed by atoms with Crippen molar-refractivity contribution in [3.63, 3.8) is 0 Å². The number of benzene rings is 1. The van der Waals surface area contributed by atoms with Gasteiger partial charge in [-0.05, 0) is 31.0 Å². The minimum absolute atomic E-state index is 0.224. The second-order valence-electron chi connectivity index (χ2n) is 4.08. The zero-order valence-corrected chi connectivity index (χ0v) is 12.4. The molecule has 2 N–H and O–H groups in total. The summed E-state index contributed by atoms with van der Waals surface area (Å²) in [6.07, 6.45) is 0.0513. The van der Waals surface area contributed by atoms with E-state index in [1.54, 1.807) is 27.2 Å². The van der Waals surface area contributed by atoms with E-state index in [2.05, 4.69) is 15.6 Å². The summed E-state index contributed by atoms with van der Waals surface area (Å²) >= 11 is 0. The minimum Gasteiger partial charge on any atom is -0.493 e. The van der Waals surface area contributed by atoms with Crippen LogP contribution >= 0.6 is 0 Å². The zero-order valence-electron chi connectivity index (χ0n) is 12.4. The Kier molecular flexibility index (Phi) is 6.86. The number of carbonyl (C=O) groups excluding carboxylic acids is 2. The fourth-order valence-corrected chi connectivity index (χ4v) is 1.64. The van der Waals surface area contributed by atoms with Crippen LogP contribution in [-0.2, 0) is 16.0 Å². The molecule has 7 nitrogen and oxygen atoms in total. The highest BCUT2D eigenvalue weighted by molar-refractivity contribution is 5.79. The van der Waals surface area contributed by atoms with Crippen LogP contribution in [0.15, 0.2) is 18.2 Å². The zero-order chi connectivity index (χ0) is 15.7. The molecule has 0 atom stereocenters. The maximum atomic E-state index is 11.6. The highest BCUT2D eigenvalue weighted by atomic mass is 16.6. The molecule has 0 unspecified atom stereocenters. The molecule has 21 heavy (non-hydrogen) atoms. The molecule has 0 aliphatic heterocycles. The first-order valence-corrected chi connectivity index (χ1v) is 6.53. The minimum atomic E-state index is -0.683. The number of hydrazine groups is 1. The predicted octanol–water partition coefficient (Wildman–Crippen LogP) is 1.41. The van der Waals surface area contributed by atoms with Gasteiger partial charge >= 0.3 is 6.09 Å². The number of carbonyl (C=O) groups is 2. The molecular weight excluding hydrogens is 276 g/mol. The van der Waals surface area contributed by atoms with Crippen molar-refractivity contribution in [1.29, 1.82) is 0 Å². The van der Waals surface area contributed by atoms with Gasteiger partial charge in [0, 0.05) is 6.42 Å². The second kappa shape index (κ2) is 8.68. The SMILES string of the molecule is CCOC(=O)NNC(=O)CCc1ccc(OC)c(OC)c1. The average Bonchev–Trinajstić information content (AvgIpc) is 2.50. The summed E-state index contributed by atoms with van der Waals surface area (Å²) in [5.41, 5.74) is 5.35. The Balaban J connectivity index is 2.44. The number of aryl methyl sites for hydroxylation is 1. The number of rotatable bonds is 6. The molecule has 7 heteroatoms. The van der Waals surface area contributed by atoms with Gasteiger partial charge in [-0.1, -0.05) is 6.07 Å². The van der Waals surface area contributed by atoms with Crippen molar-refractivity contribution in [3.05, 3.63) is 23.8 Å². The Bertz CT molecular complexity index is 490. The maximum Gasteiger partial charge on any atom is 0.426 e. The molecule has 2 amide bonds. The molecule has 0 radical (unpaired) electrons. The number of hydrogen-bond acceptors (Lipinski definition) is 5. The van der Waals surface area contributed by atoms with Crippen LogP contribution in [0.5, 0.6) is 11.5 Å². The molecule has 0 spiro atoms. The topological polar surface area (TPSA) is 85.9 Å². The van der Waals surface area contributed by atoms with E-state index in [0.717, 1.165) is 5.56 Å². The van der Waals surface area contributed by atoms with E-state index < -0.39 is 6.09 Å². The Morgan fingerprint density at radius 1 is 1.10 bits per heavy atom. The van der Waals surface area contributed by atoms with Crippen LogP contribution in [0, 0.1) is 0 Å². The van der Waals surface area contributed by atoms with Crippen molar-refractivity contribution in [2.75, 3.05) is 20.8 Å². The molecule has 0 fully saturated rings. The average molecular weight is 296 g/mol. The highest BCUT2D eigenvalue weighted by Crippen LogP contribution is 2.27. The monoisotopic (exact) mass is 296 g/mol. The molecule has 0 heterocycles. The lowest BCUT2D eigenvalue weighted by Crippen LogP contribution is -2.42. The maximum absolute atomic E-state index is 11.6. The van der Waals surface area contributed by atoms with Gasteiger partial charge in [0.1, 0.15) is 0 Å². The first-order valence-electron chi connectivity index (χ1n) is 6.53. The lowest BCUT2D eigenvalue weighted by molar-refractivity contribution is -0.121. The molecule has 1 aromatic carbocycles. The third kappa shape index (κ3) is 5.60. The summed E-state index contributed by atoms with van der Waals surface area (Å²) in [6.45, 7) is 1.92. The van der Waals surface area contributed by atoms with Crippen molar-refractivity contribution in [2.45, 2.75) is 19.8 Å². The van der Waals surface area contributed by atoms with Crippen LogP contribution in [0.25, 0.3) is 0 Å². The van der Waals surface area contributed by atoms with Gasteiger partial charge in [-0.2, -0.15) is 0 Å². The van der Waals surface area contributed by atoms with E-state index in [9.17, 15) is 9.59 Å². The predicted molar refractivity (Wildman–Crippen MR) is 76.2 cm³/mol. The highest BCUT2D eigenvalue weighted by Gasteiger charge is 2.08. The molecule has 0 saturated carbocycles. The van der Waals surface area contributed by atoms with Gasteiger partial charge in [-0.15, -0.1) is 0 Å². The third-order valence-corrected chi connectivity index (χ3v) is 2.67. The molecule has 0 saturated heterocycles. The van der Waals surface area contributed by atoms with Crippen LogP contribution < -0.4 is 20.3 Å². The van der Waals surface area contributed by atoms with Gasteiger partial charge in [0.15, 0.2) is 11.5 Å². The molecule has 0 bridgehead atoms. The fourth-order valence-electron chi connectivity index (χ4n) is 1.64. The first kappa shape index (κ1) is 16.6. The molecule has 1 aromatic rings. The lowest BCUT2D eigenvalue weighted by atomic mass is 10.1. The largest absolute Gasteiger partial charge is 0.493 e. The summed E-state index contributed by atoms with van der Waals surface area (Å²) in [6, 6.07) is 5.45. The summed E-state index contributed by atoms with van der Waals surface area (Å²) in [4.78, 5) is 22.6. The van der Waals surface area contributed by atoms with E-state index in [4.69, 9.17) is 9.47 Å². The number of ether oxygens (including phenoxy) is 3. The fraction of sp³-hybridized carbons (Fsp3) is 0.429. The third-order valence-electron chi connectivity index (χ3n) is 2.67. The van der Waals surface area contributed by atoms with Crippen LogP contribution in [-0.4, -0.2) is 32.8 Å². The molecule has 0 aliphatic rings. The van der Waals surface area contributed by atoms with Gasteiger partial charge in [-0.3, -0.25) is 10.2 Å². The quantitative estimate of drug-likeness (QED) is 0.775. The molecule has 1 rings (SSSR count). The van der Waals surface area contributed by atoms with Crippen LogP contribution in [0.1, 0.15) is 18.9 Å². The Morgan fingerprint density at radius 3 is 2.43 bits per heavy atom. The summed E-state index contributed by atoms with van der Waals surface area (Å²) in [7, 11) is 3.11. The molecule has 0 aliphatic carbocycles. The Hall–Kier alpha value is -2.44. The Morgan fingerprint density at radius 2 is 1.81 bits per heavy atom. The van der Waals surface area contributed by atoms with Gasteiger partial charge in [0.05, 0.1) is 20.8 Å². The van der Waals surface area contributed by atoms with E-state index >= 15 is 0 Å². The van der Waals surface area contributed by atoms with E-state index in [-0.39, 0.29) is 18.9 Å². The summed E-state index contributed by atoms with van der Waals surface area (Å²) in [5.74, 6) is 0.938. The standard InChI is InChI=1S/C14H20N2O5/c1-4-21-14(18)16-15-13(17)8-6-10-5-7-11(19-2)12(9-10)20-3/h5,7,9H,4,6,8H2,1-3H3,(H,15,17)(H,16,18). The van der Waals surface area contributed by atoms with Crippen LogP contribution in [0.3, 0.4) is 0 Å². The van der Waals surface area contributed by atoms with Gasteiger partial charge in [-0.25, -0.2) is 10.2 Å². The second-order valence-corrected chi connectivity index (χ2v) is 4.08. The molecule has 116 valence electrons. The van der Waals surface area contributed by atoms with Gasteiger partial charge in [0.2, 0.25) is 5.91 Å². The van der Waals surface area contributed by atoms with E-state index in [1.165, 1.54) is 0 Å². The molecular formula is C14H20N2O5. The van der Waals surface area contributed by atoms with Crippen molar-refractivity contribution >= 4 is 12.0 Å². The van der Waals surface area contributed by atoms with Crippen molar-refractivity contribution in [1.82, 2.24) is 10.9 Å². The first-order chi connectivity index (χ1) is 10.1. The van der Waals surface area contributed by atoms with Gasteiger partial charge in [0.25, 0.3) is 0 Å².